The molecule has 1 aliphatic carbocycles. The smallest absolute Gasteiger partial charge is 0.296 e. The van der Waals surface area contributed by atoms with Crippen LogP contribution in [0.4, 0.5) is 5.69 Å². The van der Waals surface area contributed by atoms with Gasteiger partial charge in [-0.05, 0) is 43.9 Å². The van der Waals surface area contributed by atoms with Crippen molar-refractivity contribution in [1.29, 1.82) is 0 Å². The standard InChI is InChI=1S/C12H17N2O3S/c13-9-5-7-10(8-6-9)14-11-3-1-2-4-12(11)18(15,16)17/h1,3-4,9-10,14H,5-8,13H2,(H,15,16,17). The molecule has 1 saturated carbocycles. The molecule has 0 atom stereocenters. The summed E-state index contributed by atoms with van der Waals surface area (Å²) in [6.07, 6.45) is 3.67. The molecule has 0 spiro atoms. The van der Waals surface area contributed by atoms with E-state index in [-0.39, 0.29) is 17.0 Å². The predicted octanol–water partition coefficient (Wildman–Crippen LogP) is 1.42. The third-order valence-electron chi connectivity index (χ3n) is 3.24. The van der Waals surface area contributed by atoms with Crippen LogP contribution in [0.2, 0.25) is 0 Å². The van der Waals surface area contributed by atoms with Gasteiger partial charge in [-0.1, -0.05) is 6.07 Å². The summed E-state index contributed by atoms with van der Waals surface area (Å²) >= 11 is 0. The van der Waals surface area contributed by atoms with E-state index in [0.717, 1.165) is 25.7 Å². The molecule has 6 heteroatoms. The zero-order chi connectivity index (χ0) is 13.2. The van der Waals surface area contributed by atoms with Gasteiger partial charge in [0.25, 0.3) is 10.1 Å². The Morgan fingerprint density at radius 1 is 1.33 bits per heavy atom. The van der Waals surface area contributed by atoms with Gasteiger partial charge in [-0.15, -0.1) is 0 Å². The Morgan fingerprint density at radius 3 is 2.61 bits per heavy atom. The van der Waals surface area contributed by atoms with Gasteiger partial charge in [-0.2, -0.15) is 8.42 Å². The molecule has 0 unspecified atom stereocenters. The molecule has 0 aliphatic heterocycles. The highest BCUT2D eigenvalue weighted by molar-refractivity contribution is 7.86. The first-order valence-corrected chi connectivity index (χ1v) is 7.40. The van der Waals surface area contributed by atoms with Crippen LogP contribution < -0.4 is 11.1 Å². The fourth-order valence-corrected chi connectivity index (χ4v) is 2.85. The van der Waals surface area contributed by atoms with Crippen molar-refractivity contribution in [1.82, 2.24) is 0 Å². The second-order valence-corrected chi connectivity index (χ2v) is 6.04. The van der Waals surface area contributed by atoms with Crippen LogP contribution in [0.1, 0.15) is 25.7 Å². The summed E-state index contributed by atoms with van der Waals surface area (Å²) in [4.78, 5) is -0.125. The average Bonchev–Trinajstić information content (AvgIpc) is 2.31. The van der Waals surface area contributed by atoms with E-state index in [1.165, 1.54) is 6.07 Å². The van der Waals surface area contributed by atoms with E-state index in [1.54, 1.807) is 12.1 Å². The summed E-state index contributed by atoms with van der Waals surface area (Å²) in [5.74, 6) is 0. The van der Waals surface area contributed by atoms with Crippen LogP contribution in [-0.4, -0.2) is 25.1 Å². The van der Waals surface area contributed by atoms with Crippen LogP contribution >= 0.6 is 0 Å². The van der Waals surface area contributed by atoms with E-state index in [0.29, 0.717) is 5.69 Å². The number of anilines is 1. The van der Waals surface area contributed by atoms with E-state index < -0.39 is 10.1 Å². The third kappa shape index (κ3) is 3.22. The molecule has 18 heavy (non-hydrogen) atoms. The summed E-state index contributed by atoms with van der Waals surface area (Å²) in [5.41, 5.74) is 6.25. The third-order valence-corrected chi connectivity index (χ3v) is 4.13. The lowest BCUT2D eigenvalue weighted by Gasteiger charge is -2.28. The Labute approximate surface area is 107 Å². The van der Waals surface area contributed by atoms with Crippen molar-refractivity contribution in [2.45, 2.75) is 42.7 Å². The summed E-state index contributed by atoms with van der Waals surface area (Å²) < 4.78 is 31.6. The molecule has 1 aromatic rings. The van der Waals surface area contributed by atoms with Crippen LogP contribution in [0.15, 0.2) is 23.1 Å². The second-order valence-electron chi connectivity index (χ2n) is 4.65. The van der Waals surface area contributed by atoms with Gasteiger partial charge in [-0.25, -0.2) is 0 Å². The van der Waals surface area contributed by atoms with Crippen molar-refractivity contribution >= 4 is 15.8 Å². The predicted molar refractivity (Wildman–Crippen MR) is 68.9 cm³/mol. The van der Waals surface area contributed by atoms with Crippen LogP contribution in [0.25, 0.3) is 0 Å². The lowest BCUT2D eigenvalue weighted by molar-refractivity contribution is 0.410. The molecule has 4 N–H and O–H groups in total. The molecule has 1 radical (unpaired) electrons. The van der Waals surface area contributed by atoms with Gasteiger partial charge < -0.3 is 11.1 Å². The maximum Gasteiger partial charge on any atom is 0.296 e. The molecule has 0 aromatic heterocycles. The Morgan fingerprint density at radius 2 is 2.00 bits per heavy atom. The summed E-state index contributed by atoms with van der Waals surface area (Å²) in [6.45, 7) is 0. The molecule has 0 heterocycles. The second kappa shape index (κ2) is 5.26. The highest BCUT2D eigenvalue weighted by Crippen LogP contribution is 2.25. The number of nitrogens with two attached hydrogens (primary N) is 1. The minimum Gasteiger partial charge on any atom is -0.381 e. The molecule has 2 rings (SSSR count). The topological polar surface area (TPSA) is 92.4 Å². The molecule has 99 valence electrons. The molecule has 1 aliphatic rings. The Bertz CT molecular complexity index is 508. The molecule has 0 bridgehead atoms. The first kappa shape index (κ1) is 13.3. The molecule has 0 amide bonds. The van der Waals surface area contributed by atoms with Gasteiger partial charge in [-0.3, -0.25) is 4.55 Å². The van der Waals surface area contributed by atoms with Crippen molar-refractivity contribution in [3.8, 4) is 0 Å². The van der Waals surface area contributed by atoms with E-state index >= 15 is 0 Å². The van der Waals surface area contributed by atoms with Crippen molar-refractivity contribution in [2.24, 2.45) is 5.73 Å². The van der Waals surface area contributed by atoms with Crippen molar-refractivity contribution in [3.05, 3.63) is 24.3 Å². The fraction of sp³-hybridized carbons (Fsp3) is 0.500. The van der Waals surface area contributed by atoms with Crippen molar-refractivity contribution in [3.63, 3.8) is 0 Å². The normalized spacial score (nSPS) is 24.8. The molecule has 1 fully saturated rings. The van der Waals surface area contributed by atoms with Gasteiger partial charge in [0.15, 0.2) is 0 Å². The van der Waals surface area contributed by atoms with Crippen LogP contribution in [0, 0.1) is 6.07 Å². The summed E-state index contributed by atoms with van der Waals surface area (Å²) in [6, 6.07) is 7.59. The lowest BCUT2D eigenvalue weighted by Crippen LogP contribution is -2.33. The largest absolute Gasteiger partial charge is 0.381 e. The number of benzene rings is 1. The maximum absolute atomic E-state index is 11.2. The molecule has 0 saturated heterocycles. The summed E-state index contributed by atoms with van der Waals surface area (Å²) in [5, 5.41) is 3.16. The van der Waals surface area contributed by atoms with Crippen LogP contribution in [0.5, 0.6) is 0 Å². The first-order valence-electron chi connectivity index (χ1n) is 5.96. The van der Waals surface area contributed by atoms with Gasteiger partial charge in [0, 0.05) is 12.1 Å². The summed E-state index contributed by atoms with van der Waals surface area (Å²) in [7, 11) is -4.21. The Balaban J connectivity index is 2.15. The Hall–Kier alpha value is -1.11. The highest BCUT2D eigenvalue weighted by atomic mass is 32.2. The minimum atomic E-state index is -4.21. The van der Waals surface area contributed by atoms with Crippen LogP contribution in [-0.2, 0) is 10.1 Å². The van der Waals surface area contributed by atoms with Gasteiger partial charge in [0.05, 0.1) is 5.69 Å². The zero-order valence-corrected chi connectivity index (χ0v) is 10.8. The van der Waals surface area contributed by atoms with E-state index in [1.807, 2.05) is 0 Å². The molecular weight excluding hydrogens is 252 g/mol. The average molecular weight is 269 g/mol. The number of hydrogen-bond acceptors (Lipinski definition) is 4. The molecular formula is C12H17N2O3S. The van der Waals surface area contributed by atoms with E-state index in [2.05, 4.69) is 11.4 Å². The lowest BCUT2D eigenvalue weighted by atomic mass is 9.92. The molecule has 5 nitrogen and oxygen atoms in total. The minimum absolute atomic E-state index is 0.125. The quantitative estimate of drug-likeness (QED) is 0.722. The van der Waals surface area contributed by atoms with Crippen LogP contribution in [0.3, 0.4) is 0 Å². The maximum atomic E-state index is 11.2. The van der Waals surface area contributed by atoms with E-state index in [4.69, 9.17) is 10.3 Å². The van der Waals surface area contributed by atoms with Gasteiger partial charge in [0.1, 0.15) is 4.90 Å². The number of hydrogen-bond donors (Lipinski definition) is 3. The van der Waals surface area contributed by atoms with E-state index in [9.17, 15) is 8.42 Å². The van der Waals surface area contributed by atoms with Gasteiger partial charge in [0.2, 0.25) is 0 Å². The Kier molecular flexibility index (Phi) is 3.89. The SMILES string of the molecule is NC1CCC(Nc2cc[c]cc2S(=O)(=O)O)CC1. The molecule has 1 aromatic carbocycles. The van der Waals surface area contributed by atoms with Crippen molar-refractivity contribution in [2.75, 3.05) is 5.32 Å². The number of rotatable bonds is 3. The highest BCUT2D eigenvalue weighted by Gasteiger charge is 2.21. The number of nitrogens with one attached hydrogen (secondary N) is 1. The van der Waals surface area contributed by atoms with Crippen molar-refractivity contribution < 1.29 is 13.0 Å². The monoisotopic (exact) mass is 269 g/mol. The van der Waals surface area contributed by atoms with Gasteiger partial charge >= 0.3 is 0 Å². The zero-order valence-electron chi connectivity index (χ0n) is 9.96. The fourth-order valence-electron chi connectivity index (χ4n) is 2.23. The first-order chi connectivity index (χ1) is 8.47.